The zero-order valence-corrected chi connectivity index (χ0v) is 20.4. The molecule has 0 spiro atoms. The van der Waals surface area contributed by atoms with E-state index in [-0.39, 0.29) is 5.91 Å². The zero-order chi connectivity index (χ0) is 25.4. The number of imide groups is 1. The maximum atomic E-state index is 14.7. The van der Waals surface area contributed by atoms with Gasteiger partial charge in [0.25, 0.3) is 5.91 Å². The van der Waals surface area contributed by atoms with Crippen LogP contribution in [0.25, 0.3) is 0 Å². The number of rotatable bonds is 6. The monoisotopic (exact) mass is 490 g/mol. The topological polar surface area (TPSA) is 59.1 Å². The summed E-state index contributed by atoms with van der Waals surface area (Å²) in [6, 6.07) is 35.4. The second-order valence-corrected chi connectivity index (χ2v) is 9.10. The van der Waals surface area contributed by atoms with Crippen molar-refractivity contribution in [2.45, 2.75) is 24.5 Å². The lowest BCUT2D eigenvalue weighted by molar-refractivity contribution is -0.126. The average molecular weight is 491 g/mol. The van der Waals surface area contributed by atoms with Crippen molar-refractivity contribution in [3.8, 4) is 5.75 Å². The number of hydroxylamine groups is 1. The largest absolute Gasteiger partial charge is 0.494 e. The van der Waals surface area contributed by atoms with Gasteiger partial charge in [-0.15, -0.1) is 0 Å². The second kappa shape index (κ2) is 9.22. The van der Waals surface area contributed by atoms with Gasteiger partial charge in [-0.25, -0.2) is 9.96 Å². The minimum absolute atomic E-state index is 0.315. The van der Waals surface area contributed by atoms with Gasteiger partial charge in [0.05, 0.1) is 18.0 Å². The summed E-state index contributed by atoms with van der Waals surface area (Å²) in [6.07, 6.45) is -1.04. The Morgan fingerprint density at radius 3 is 1.97 bits per heavy atom. The number of para-hydroxylation sites is 1. The number of carbonyl (C=O) groups excluding carboxylic acids is 2. The molecule has 6 heteroatoms. The summed E-state index contributed by atoms with van der Waals surface area (Å²) in [7, 11) is 0. The summed E-state index contributed by atoms with van der Waals surface area (Å²) >= 11 is 0. The minimum atomic E-state index is -1.30. The Labute approximate surface area is 215 Å². The van der Waals surface area contributed by atoms with Crippen molar-refractivity contribution < 1.29 is 19.2 Å². The molecule has 2 aliphatic rings. The van der Waals surface area contributed by atoms with E-state index in [0.29, 0.717) is 18.0 Å². The molecule has 6 rings (SSSR count). The summed E-state index contributed by atoms with van der Waals surface area (Å²) in [5.41, 5.74) is 1.58. The van der Waals surface area contributed by atoms with Crippen molar-refractivity contribution in [2.75, 3.05) is 16.6 Å². The number of nitrogens with zero attached hydrogens (tertiary/aromatic N) is 2. The molecule has 0 saturated carbocycles. The van der Waals surface area contributed by atoms with Crippen LogP contribution < -0.4 is 14.7 Å². The average Bonchev–Trinajstić information content (AvgIpc) is 3.42. The van der Waals surface area contributed by atoms with Crippen LogP contribution in [0.3, 0.4) is 0 Å². The molecule has 0 aromatic heterocycles. The van der Waals surface area contributed by atoms with Crippen LogP contribution in [0.1, 0.15) is 24.1 Å². The third kappa shape index (κ3) is 3.52. The van der Waals surface area contributed by atoms with E-state index in [2.05, 4.69) is 0 Å². The van der Waals surface area contributed by atoms with Crippen molar-refractivity contribution in [3.63, 3.8) is 0 Å². The van der Waals surface area contributed by atoms with E-state index < -0.39 is 23.5 Å². The van der Waals surface area contributed by atoms with E-state index in [1.54, 1.807) is 29.3 Å². The Balaban J connectivity index is 1.56. The molecule has 3 atom stereocenters. The molecule has 2 saturated heterocycles. The first-order chi connectivity index (χ1) is 18.2. The van der Waals surface area contributed by atoms with Crippen LogP contribution in [0.15, 0.2) is 115 Å². The fourth-order valence-corrected chi connectivity index (χ4v) is 5.52. The molecule has 0 N–H and O–H groups in total. The predicted molar refractivity (Wildman–Crippen MR) is 141 cm³/mol. The van der Waals surface area contributed by atoms with Gasteiger partial charge in [-0.1, -0.05) is 78.9 Å². The third-order valence-electron chi connectivity index (χ3n) is 7.08. The van der Waals surface area contributed by atoms with Gasteiger partial charge >= 0.3 is 0 Å². The molecule has 184 valence electrons. The van der Waals surface area contributed by atoms with Crippen LogP contribution in [0.2, 0.25) is 0 Å². The van der Waals surface area contributed by atoms with Gasteiger partial charge in [-0.05, 0) is 54.4 Å². The van der Waals surface area contributed by atoms with E-state index in [9.17, 15) is 9.59 Å². The van der Waals surface area contributed by atoms with Gasteiger partial charge in [-0.3, -0.25) is 14.4 Å². The fraction of sp³-hybridized carbons (Fsp3) is 0.161. The summed E-state index contributed by atoms with van der Waals surface area (Å²) in [5, 5.41) is 1.73. The van der Waals surface area contributed by atoms with E-state index in [0.717, 1.165) is 16.8 Å². The van der Waals surface area contributed by atoms with E-state index in [1.165, 1.54) is 4.90 Å². The van der Waals surface area contributed by atoms with Crippen LogP contribution in [-0.4, -0.2) is 24.5 Å². The lowest BCUT2D eigenvalue weighted by atomic mass is 9.69. The van der Waals surface area contributed by atoms with Crippen molar-refractivity contribution in [1.29, 1.82) is 0 Å². The number of amides is 2. The first-order valence-corrected chi connectivity index (χ1v) is 12.4. The number of hydrogen-bond acceptors (Lipinski definition) is 5. The maximum absolute atomic E-state index is 14.7. The number of benzene rings is 4. The van der Waals surface area contributed by atoms with Crippen molar-refractivity contribution in [3.05, 3.63) is 126 Å². The van der Waals surface area contributed by atoms with E-state index in [4.69, 9.17) is 9.57 Å². The first-order valence-electron chi connectivity index (χ1n) is 12.4. The second-order valence-electron chi connectivity index (χ2n) is 9.10. The Morgan fingerprint density at radius 1 is 0.757 bits per heavy atom. The molecule has 2 heterocycles. The van der Waals surface area contributed by atoms with Gasteiger partial charge < -0.3 is 4.74 Å². The lowest BCUT2D eigenvalue weighted by Crippen LogP contribution is -2.46. The molecule has 4 aromatic rings. The van der Waals surface area contributed by atoms with E-state index >= 15 is 0 Å². The SMILES string of the molecule is CCOc1ccc(N2C(=O)[C@@H]3ON(c4ccccc4)[C@H](c4ccccc4)[C@@]3(c3ccccc3)C2=O)cc1. The smallest absolute Gasteiger partial charge is 0.267 e. The highest BCUT2D eigenvalue weighted by Crippen LogP contribution is 2.57. The van der Waals surface area contributed by atoms with E-state index in [1.807, 2.05) is 97.9 Å². The molecular weight excluding hydrogens is 464 g/mol. The Bertz CT molecular complexity index is 1410. The summed E-state index contributed by atoms with van der Waals surface area (Å²) in [5.74, 6) is -0.0282. The number of ether oxygens (including phenoxy) is 1. The van der Waals surface area contributed by atoms with Crippen molar-refractivity contribution in [2.24, 2.45) is 0 Å². The minimum Gasteiger partial charge on any atom is -0.494 e. The molecule has 0 bridgehead atoms. The quantitative estimate of drug-likeness (QED) is 0.336. The molecule has 6 nitrogen and oxygen atoms in total. The lowest BCUT2D eigenvalue weighted by Gasteiger charge is -2.35. The standard InChI is InChI=1S/C31H26N2O4/c1-2-36-26-20-18-24(19-21-26)32-29(34)28-31(30(32)35,23-14-8-4-9-15-23)27(22-12-6-3-7-13-22)33(37-28)25-16-10-5-11-17-25/h3-21,27-28H,2H2,1H3/t27-,28+,31-/m1/s1. The van der Waals surface area contributed by atoms with Gasteiger partial charge in [0, 0.05) is 0 Å². The molecule has 2 aliphatic heterocycles. The highest BCUT2D eigenvalue weighted by molar-refractivity contribution is 6.28. The molecule has 2 amide bonds. The number of carbonyl (C=O) groups is 2. The maximum Gasteiger partial charge on any atom is 0.267 e. The molecule has 0 radical (unpaired) electrons. The molecule has 0 aliphatic carbocycles. The highest BCUT2D eigenvalue weighted by atomic mass is 16.7. The normalized spacial score (nSPS) is 22.8. The Kier molecular flexibility index (Phi) is 5.74. The van der Waals surface area contributed by atoms with Gasteiger partial charge in [-0.2, -0.15) is 0 Å². The first kappa shape index (κ1) is 23.0. The van der Waals surface area contributed by atoms with Crippen LogP contribution in [0, 0.1) is 0 Å². The predicted octanol–water partition coefficient (Wildman–Crippen LogP) is 5.46. The molecule has 4 aromatic carbocycles. The number of hydrogen-bond donors (Lipinski definition) is 0. The van der Waals surface area contributed by atoms with Crippen LogP contribution in [-0.2, 0) is 19.8 Å². The van der Waals surface area contributed by atoms with Crippen molar-refractivity contribution >= 4 is 23.2 Å². The Hall–Kier alpha value is -4.42. The molecular formula is C31H26N2O4. The van der Waals surface area contributed by atoms with Crippen LogP contribution in [0.4, 0.5) is 11.4 Å². The Morgan fingerprint density at radius 2 is 1.35 bits per heavy atom. The number of anilines is 2. The highest BCUT2D eigenvalue weighted by Gasteiger charge is 2.72. The summed E-state index contributed by atoms with van der Waals surface area (Å²) in [6.45, 7) is 2.44. The fourth-order valence-electron chi connectivity index (χ4n) is 5.52. The van der Waals surface area contributed by atoms with Gasteiger partial charge in [0.15, 0.2) is 6.10 Å². The molecule has 2 fully saturated rings. The zero-order valence-electron chi connectivity index (χ0n) is 20.4. The summed E-state index contributed by atoms with van der Waals surface area (Å²) < 4.78 is 5.56. The summed E-state index contributed by atoms with van der Waals surface area (Å²) in [4.78, 5) is 36.5. The van der Waals surface area contributed by atoms with Gasteiger partial charge in [0.1, 0.15) is 17.2 Å². The number of fused-ring (bicyclic) bond motifs is 1. The van der Waals surface area contributed by atoms with Crippen LogP contribution in [0.5, 0.6) is 5.75 Å². The molecule has 0 unspecified atom stereocenters. The van der Waals surface area contributed by atoms with Crippen molar-refractivity contribution in [1.82, 2.24) is 0 Å². The van der Waals surface area contributed by atoms with Gasteiger partial charge in [0.2, 0.25) is 5.91 Å². The molecule has 37 heavy (non-hydrogen) atoms. The third-order valence-corrected chi connectivity index (χ3v) is 7.08. The van der Waals surface area contributed by atoms with Crippen LogP contribution >= 0.6 is 0 Å².